The van der Waals surface area contributed by atoms with Gasteiger partial charge in [0.15, 0.2) is 0 Å². The Morgan fingerprint density at radius 1 is 1.31 bits per heavy atom. The van der Waals surface area contributed by atoms with E-state index in [0.717, 1.165) is 0 Å². The highest BCUT2D eigenvalue weighted by Gasteiger charge is 2.15. The van der Waals surface area contributed by atoms with Gasteiger partial charge >= 0.3 is 11.9 Å². The van der Waals surface area contributed by atoms with E-state index in [9.17, 15) is 9.59 Å². The van der Waals surface area contributed by atoms with E-state index in [1.807, 2.05) is 0 Å². The molecule has 88 valence electrons. The average Bonchev–Trinajstić information content (AvgIpc) is 2.22. The second kappa shape index (κ2) is 7.52. The van der Waals surface area contributed by atoms with Crippen molar-refractivity contribution in [2.45, 2.75) is 33.1 Å². The summed E-state index contributed by atoms with van der Waals surface area (Å²) in [5.74, 6) is 1.80. The molecule has 0 bridgehead atoms. The SMILES string of the molecule is C#CCCC/C(C(=O)OC)=C(\C)OC(C)=O. The normalized spacial score (nSPS) is 11.1. The van der Waals surface area contributed by atoms with Gasteiger partial charge in [-0.3, -0.25) is 4.79 Å². The molecule has 0 unspecified atom stereocenters. The Morgan fingerprint density at radius 3 is 2.38 bits per heavy atom. The van der Waals surface area contributed by atoms with Crippen LogP contribution < -0.4 is 0 Å². The van der Waals surface area contributed by atoms with Gasteiger partial charge in [0.1, 0.15) is 5.76 Å². The molecule has 0 aliphatic rings. The quantitative estimate of drug-likeness (QED) is 0.235. The van der Waals surface area contributed by atoms with E-state index >= 15 is 0 Å². The Hall–Kier alpha value is -1.76. The molecule has 4 heteroatoms. The number of allylic oxidation sites excluding steroid dienone is 1. The number of carbonyl (C=O) groups excluding carboxylic acids is 2. The zero-order valence-electron chi connectivity index (χ0n) is 9.83. The fourth-order valence-corrected chi connectivity index (χ4v) is 1.19. The van der Waals surface area contributed by atoms with Crippen LogP contribution in [0.1, 0.15) is 33.1 Å². The van der Waals surface area contributed by atoms with Crippen LogP contribution in [0.2, 0.25) is 0 Å². The summed E-state index contributed by atoms with van der Waals surface area (Å²) in [5.41, 5.74) is 0.355. The maximum absolute atomic E-state index is 11.4. The molecule has 0 atom stereocenters. The lowest BCUT2D eigenvalue weighted by molar-refractivity contribution is -0.138. The number of esters is 2. The molecule has 0 saturated heterocycles. The van der Waals surface area contributed by atoms with E-state index in [-0.39, 0.29) is 5.76 Å². The maximum atomic E-state index is 11.4. The van der Waals surface area contributed by atoms with Gasteiger partial charge in [0.25, 0.3) is 0 Å². The van der Waals surface area contributed by atoms with Crippen LogP contribution >= 0.6 is 0 Å². The van der Waals surface area contributed by atoms with Crippen LogP contribution in [0, 0.1) is 12.3 Å². The standard InChI is InChI=1S/C12H16O4/c1-5-6-7-8-11(12(14)15-4)9(2)16-10(3)13/h1H,6-8H2,2-4H3/b11-9-. The zero-order chi connectivity index (χ0) is 12.6. The minimum atomic E-state index is -0.490. The highest BCUT2D eigenvalue weighted by Crippen LogP contribution is 2.15. The van der Waals surface area contributed by atoms with Gasteiger partial charge in [0.05, 0.1) is 12.7 Å². The van der Waals surface area contributed by atoms with Crippen LogP contribution in [0.15, 0.2) is 11.3 Å². The lowest BCUT2D eigenvalue weighted by atomic mass is 10.1. The van der Waals surface area contributed by atoms with Crippen molar-refractivity contribution < 1.29 is 19.1 Å². The van der Waals surface area contributed by atoms with E-state index in [1.54, 1.807) is 6.92 Å². The smallest absolute Gasteiger partial charge is 0.337 e. The Bertz CT molecular complexity index is 333. The average molecular weight is 224 g/mol. The van der Waals surface area contributed by atoms with Crippen molar-refractivity contribution in [3.8, 4) is 12.3 Å². The van der Waals surface area contributed by atoms with Crippen molar-refractivity contribution in [2.24, 2.45) is 0 Å². The molecule has 0 spiro atoms. The van der Waals surface area contributed by atoms with Gasteiger partial charge in [-0.2, -0.15) is 0 Å². The molecule has 0 aromatic carbocycles. The van der Waals surface area contributed by atoms with Crippen LogP contribution in [0.4, 0.5) is 0 Å². The first-order valence-corrected chi connectivity index (χ1v) is 4.92. The molecule has 0 heterocycles. The van der Waals surface area contributed by atoms with Crippen LogP contribution in [-0.2, 0) is 19.1 Å². The number of methoxy groups -OCH3 is 1. The van der Waals surface area contributed by atoms with E-state index in [0.29, 0.717) is 24.8 Å². The van der Waals surface area contributed by atoms with Crippen molar-refractivity contribution in [2.75, 3.05) is 7.11 Å². The molecule has 0 N–H and O–H groups in total. The van der Waals surface area contributed by atoms with Gasteiger partial charge in [-0.25, -0.2) is 4.79 Å². The monoisotopic (exact) mass is 224 g/mol. The fourth-order valence-electron chi connectivity index (χ4n) is 1.19. The second-order valence-corrected chi connectivity index (χ2v) is 3.18. The number of hydrogen-bond donors (Lipinski definition) is 0. The number of ether oxygens (including phenoxy) is 2. The number of terminal acetylenes is 1. The molecule has 0 radical (unpaired) electrons. The van der Waals surface area contributed by atoms with Crippen molar-refractivity contribution in [3.63, 3.8) is 0 Å². The summed E-state index contributed by atoms with van der Waals surface area (Å²) in [6.45, 7) is 2.84. The topological polar surface area (TPSA) is 52.6 Å². The van der Waals surface area contributed by atoms with Crippen molar-refractivity contribution >= 4 is 11.9 Å². The molecule has 0 amide bonds. The first-order valence-electron chi connectivity index (χ1n) is 4.92. The molecule has 0 rings (SSSR count). The molecule has 0 fully saturated rings. The highest BCUT2D eigenvalue weighted by molar-refractivity contribution is 5.89. The van der Waals surface area contributed by atoms with Gasteiger partial charge < -0.3 is 9.47 Å². The molecule has 0 aromatic heterocycles. The molecule has 0 aliphatic heterocycles. The minimum Gasteiger partial charge on any atom is -0.466 e. The number of hydrogen-bond acceptors (Lipinski definition) is 4. The van der Waals surface area contributed by atoms with Crippen LogP contribution in [0.25, 0.3) is 0 Å². The Labute approximate surface area is 95.6 Å². The Kier molecular flexibility index (Phi) is 6.69. The van der Waals surface area contributed by atoms with Gasteiger partial charge in [-0.1, -0.05) is 0 Å². The second-order valence-electron chi connectivity index (χ2n) is 3.18. The summed E-state index contributed by atoms with van der Waals surface area (Å²) >= 11 is 0. The lowest BCUT2D eigenvalue weighted by Crippen LogP contribution is -2.10. The van der Waals surface area contributed by atoms with Gasteiger partial charge in [-0.05, 0) is 19.8 Å². The summed E-state index contributed by atoms with van der Waals surface area (Å²) in [6.07, 6.45) is 6.77. The molecular formula is C12H16O4. The predicted molar refractivity (Wildman–Crippen MR) is 59.2 cm³/mol. The molecule has 0 saturated carbocycles. The third kappa shape index (κ3) is 5.20. The lowest BCUT2D eigenvalue weighted by Gasteiger charge is -2.09. The third-order valence-electron chi connectivity index (χ3n) is 1.90. The highest BCUT2D eigenvalue weighted by atomic mass is 16.5. The number of carbonyl (C=O) groups is 2. The summed E-state index contributed by atoms with van der Waals surface area (Å²) in [6, 6.07) is 0. The van der Waals surface area contributed by atoms with E-state index < -0.39 is 11.9 Å². The molecule has 0 aliphatic carbocycles. The zero-order valence-corrected chi connectivity index (χ0v) is 9.83. The first kappa shape index (κ1) is 14.2. The van der Waals surface area contributed by atoms with Gasteiger partial charge in [0, 0.05) is 13.3 Å². The molecule has 16 heavy (non-hydrogen) atoms. The Morgan fingerprint density at radius 2 is 1.94 bits per heavy atom. The minimum absolute atomic E-state index is 0.274. The predicted octanol–water partition coefficient (Wildman–Crippen LogP) is 1.80. The third-order valence-corrected chi connectivity index (χ3v) is 1.90. The number of unbranched alkanes of at least 4 members (excludes halogenated alkanes) is 1. The van der Waals surface area contributed by atoms with Crippen LogP contribution in [0.3, 0.4) is 0 Å². The van der Waals surface area contributed by atoms with Crippen molar-refractivity contribution in [1.82, 2.24) is 0 Å². The largest absolute Gasteiger partial charge is 0.466 e. The van der Waals surface area contributed by atoms with E-state index in [1.165, 1.54) is 14.0 Å². The number of rotatable bonds is 5. The summed E-state index contributed by atoms with van der Waals surface area (Å²) in [4.78, 5) is 22.2. The molecule has 0 aromatic rings. The summed E-state index contributed by atoms with van der Waals surface area (Å²) < 4.78 is 9.46. The maximum Gasteiger partial charge on any atom is 0.337 e. The molecule has 4 nitrogen and oxygen atoms in total. The van der Waals surface area contributed by atoms with Crippen molar-refractivity contribution in [1.29, 1.82) is 0 Å². The summed E-state index contributed by atoms with van der Waals surface area (Å²) in [5, 5.41) is 0. The first-order chi connectivity index (χ1) is 7.52. The van der Waals surface area contributed by atoms with Gasteiger partial charge in [0.2, 0.25) is 0 Å². The van der Waals surface area contributed by atoms with Crippen LogP contribution in [-0.4, -0.2) is 19.0 Å². The Balaban J connectivity index is 4.71. The molecular weight excluding hydrogens is 208 g/mol. The summed E-state index contributed by atoms with van der Waals surface area (Å²) in [7, 11) is 1.28. The van der Waals surface area contributed by atoms with Gasteiger partial charge in [-0.15, -0.1) is 12.3 Å². The van der Waals surface area contributed by atoms with Crippen molar-refractivity contribution in [3.05, 3.63) is 11.3 Å². The van der Waals surface area contributed by atoms with E-state index in [4.69, 9.17) is 11.2 Å². The van der Waals surface area contributed by atoms with E-state index in [2.05, 4.69) is 10.7 Å². The fraction of sp³-hybridized carbons (Fsp3) is 0.500. The van der Waals surface area contributed by atoms with Crippen LogP contribution in [0.5, 0.6) is 0 Å².